The summed E-state index contributed by atoms with van der Waals surface area (Å²) in [6.45, 7) is 4.02. The molecule has 0 aliphatic heterocycles. The molecule has 27 heavy (non-hydrogen) atoms. The lowest BCUT2D eigenvalue weighted by atomic mass is 10.0. The quantitative estimate of drug-likeness (QED) is 0.643. The van der Waals surface area contributed by atoms with E-state index < -0.39 is 16.1 Å². The highest BCUT2D eigenvalue weighted by Gasteiger charge is 2.15. The fourth-order valence-corrected chi connectivity index (χ4v) is 2.81. The second-order valence-electron chi connectivity index (χ2n) is 6.37. The van der Waals surface area contributed by atoms with Gasteiger partial charge in [-0.05, 0) is 60.9 Å². The Labute approximate surface area is 165 Å². The van der Waals surface area contributed by atoms with E-state index in [4.69, 9.17) is 15.6 Å². The molecule has 2 rings (SSSR count). The van der Waals surface area contributed by atoms with Crippen molar-refractivity contribution in [1.82, 2.24) is 0 Å². The molecule has 0 aliphatic carbocycles. The number of nitrogens with one attached hydrogen (secondary N) is 1. The van der Waals surface area contributed by atoms with Crippen LogP contribution >= 0.6 is 12.4 Å². The van der Waals surface area contributed by atoms with Gasteiger partial charge in [0.1, 0.15) is 11.5 Å². The number of carbonyl (C=O) groups excluding carboxylic acids is 1. The lowest BCUT2D eigenvalue weighted by Gasteiger charge is -2.14. The first-order chi connectivity index (χ1) is 12.1. The molecule has 0 aromatic heterocycles. The molecule has 0 saturated heterocycles. The molecule has 0 spiro atoms. The summed E-state index contributed by atoms with van der Waals surface area (Å²) in [6.07, 6.45) is 0.613. The Morgan fingerprint density at radius 1 is 1.04 bits per heavy atom. The molecule has 148 valence electrons. The van der Waals surface area contributed by atoms with Crippen LogP contribution in [0, 0.1) is 5.92 Å². The van der Waals surface area contributed by atoms with Crippen molar-refractivity contribution in [3.63, 3.8) is 0 Å². The zero-order valence-electron chi connectivity index (χ0n) is 15.1. The number of hydrogen-bond donors (Lipinski definition) is 3. The second-order valence-corrected chi connectivity index (χ2v) is 7.93. The number of nitrogens with two attached hydrogens (primary N) is 2. The van der Waals surface area contributed by atoms with Crippen molar-refractivity contribution < 1.29 is 17.9 Å². The van der Waals surface area contributed by atoms with Crippen LogP contribution in [0.15, 0.2) is 53.4 Å². The van der Waals surface area contributed by atoms with Crippen LogP contribution in [0.1, 0.15) is 20.3 Å². The monoisotopic (exact) mass is 413 g/mol. The van der Waals surface area contributed by atoms with Crippen LogP contribution in [-0.2, 0) is 14.8 Å². The highest BCUT2D eigenvalue weighted by atomic mass is 35.5. The highest BCUT2D eigenvalue weighted by molar-refractivity contribution is 7.89. The van der Waals surface area contributed by atoms with E-state index in [9.17, 15) is 13.2 Å². The molecule has 0 aliphatic rings. The minimum absolute atomic E-state index is 0. The van der Waals surface area contributed by atoms with Crippen molar-refractivity contribution in [3.05, 3.63) is 48.5 Å². The molecule has 7 nitrogen and oxygen atoms in total. The first-order valence-electron chi connectivity index (χ1n) is 8.12. The Morgan fingerprint density at radius 2 is 1.52 bits per heavy atom. The molecule has 1 amide bonds. The Bertz CT molecular complexity index is 853. The number of primary sulfonamides is 1. The predicted octanol–water partition coefficient (Wildman–Crippen LogP) is 2.86. The molecule has 0 unspecified atom stereocenters. The molecule has 2 aromatic rings. The molecule has 0 saturated carbocycles. The Morgan fingerprint density at radius 3 is 1.96 bits per heavy atom. The third kappa shape index (κ3) is 7.18. The molecular weight excluding hydrogens is 390 g/mol. The summed E-state index contributed by atoms with van der Waals surface area (Å²) in [5.74, 6) is 1.11. The smallest absolute Gasteiger partial charge is 0.241 e. The third-order valence-corrected chi connectivity index (χ3v) is 4.50. The molecular formula is C18H24ClN3O4S. The molecule has 2 aromatic carbocycles. The zero-order chi connectivity index (χ0) is 19.3. The maximum absolute atomic E-state index is 12.0. The lowest BCUT2D eigenvalue weighted by Crippen LogP contribution is -2.36. The van der Waals surface area contributed by atoms with Gasteiger partial charge < -0.3 is 15.8 Å². The van der Waals surface area contributed by atoms with E-state index in [-0.39, 0.29) is 23.2 Å². The minimum atomic E-state index is -3.73. The van der Waals surface area contributed by atoms with Gasteiger partial charge in [-0.25, -0.2) is 13.6 Å². The first kappa shape index (κ1) is 22.9. The molecule has 9 heteroatoms. The Kier molecular flexibility index (Phi) is 8.23. The standard InChI is InChI=1S/C18H23N3O4S.ClH/c1-12(2)11-17(19)18(22)21-13-3-5-14(6-4-13)25-15-7-9-16(10-8-15)26(20,23)24;/h3-10,12,17H,11,19H2,1-2H3,(H,21,22)(H2,20,23,24);1H/t17-;/m0./s1. The number of anilines is 1. The number of sulfonamides is 1. The summed E-state index contributed by atoms with van der Waals surface area (Å²) in [5.41, 5.74) is 6.47. The normalized spacial score (nSPS) is 12.2. The SMILES string of the molecule is CC(C)C[C@H](N)C(=O)Nc1ccc(Oc2ccc(S(N)(=O)=O)cc2)cc1.Cl. The number of amides is 1. The van der Waals surface area contributed by atoms with Gasteiger partial charge in [0, 0.05) is 5.69 Å². The van der Waals surface area contributed by atoms with Gasteiger partial charge in [0.25, 0.3) is 0 Å². The molecule has 0 bridgehead atoms. The average Bonchev–Trinajstić information content (AvgIpc) is 2.55. The Hall–Kier alpha value is -2.13. The van der Waals surface area contributed by atoms with E-state index >= 15 is 0 Å². The zero-order valence-corrected chi connectivity index (χ0v) is 16.7. The van der Waals surface area contributed by atoms with Gasteiger partial charge in [-0.15, -0.1) is 12.4 Å². The number of hydrogen-bond acceptors (Lipinski definition) is 5. The number of rotatable bonds is 7. The van der Waals surface area contributed by atoms with Crippen LogP contribution in [0.4, 0.5) is 5.69 Å². The summed E-state index contributed by atoms with van der Waals surface area (Å²) >= 11 is 0. The average molecular weight is 414 g/mol. The number of halogens is 1. The lowest BCUT2D eigenvalue weighted by molar-refractivity contribution is -0.117. The van der Waals surface area contributed by atoms with Gasteiger partial charge in [0.05, 0.1) is 10.9 Å². The van der Waals surface area contributed by atoms with Crippen molar-refractivity contribution in [2.45, 2.75) is 31.2 Å². The number of carbonyl (C=O) groups is 1. The van der Waals surface area contributed by atoms with Crippen LogP contribution in [0.2, 0.25) is 0 Å². The topological polar surface area (TPSA) is 125 Å². The second kappa shape index (κ2) is 9.70. The van der Waals surface area contributed by atoms with Crippen molar-refractivity contribution in [2.75, 3.05) is 5.32 Å². The maximum atomic E-state index is 12.0. The van der Waals surface area contributed by atoms with Gasteiger partial charge in [0.2, 0.25) is 15.9 Å². The third-order valence-electron chi connectivity index (χ3n) is 3.57. The van der Waals surface area contributed by atoms with Crippen molar-refractivity contribution in [2.24, 2.45) is 16.8 Å². The minimum Gasteiger partial charge on any atom is -0.457 e. The van der Waals surface area contributed by atoms with Gasteiger partial charge >= 0.3 is 0 Å². The molecule has 5 N–H and O–H groups in total. The molecule has 1 atom stereocenters. The highest BCUT2D eigenvalue weighted by Crippen LogP contribution is 2.24. The van der Waals surface area contributed by atoms with E-state index in [1.165, 1.54) is 24.3 Å². The van der Waals surface area contributed by atoms with Gasteiger partial charge in [0.15, 0.2) is 0 Å². The molecule has 0 radical (unpaired) electrons. The van der Waals surface area contributed by atoms with E-state index in [0.717, 1.165) is 0 Å². The number of benzene rings is 2. The predicted molar refractivity (Wildman–Crippen MR) is 108 cm³/mol. The fourth-order valence-electron chi connectivity index (χ4n) is 2.29. The van der Waals surface area contributed by atoms with Crippen LogP contribution in [-0.4, -0.2) is 20.4 Å². The Balaban J connectivity index is 0.00000364. The van der Waals surface area contributed by atoms with E-state index in [1.807, 2.05) is 13.8 Å². The largest absolute Gasteiger partial charge is 0.457 e. The van der Waals surface area contributed by atoms with Crippen LogP contribution in [0.3, 0.4) is 0 Å². The maximum Gasteiger partial charge on any atom is 0.241 e. The van der Waals surface area contributed by atoms with Crippen LogP contribution in [0.25, 0.3) is 0 Å². The van der Waals surface area contributed by atoms with Gasteiger partial charge in [-0.3, -0.25) is 4.79 Å². The van der Waals surface area contributed by atoms with Crippen molar-refractivity contribution in [1.29, 1.82) is 0 Å². The van der Waals surface area contributed by atoms with Crippen LogP contribution in [0.5, 0.6) is 11.5 Å². The summed E-state index contributed by atoms with van der Waals surface area (Å²) in [5, 5.41) is 7.81. The van der Waals surface area contributed by atoms with E-state index in [2.05, 4.69) is 5.32 Å². The van der Waals surface area contributed by atoms with Crippen LogP contribution < -0.4 is 20.9 Å². The summed E-state index contributed by atoms with van der Waals surface area (Å²) < 4.78 is 28.1. The number of ether oxygens (including phenoxy) is 1. The molecule has 0 heterocycles. The van der Waals surface area contributed by atoms with E-state index in [0.29, 0.717) is 29.5 Å². The summed E-state index contributed by atoms with van der Waals surface area (Å²) in [7, 11) is -3.73. The van der Waals surface area contributed by atoms with Crippen molar-refractivity contribution >= 4 is 34.0 Å². The molecule has 0 fully saturated rings. The van der Waals surface area contributed by atoms with Gasteiger partial charge in [-0.1, -0.05) is 13.8 Å². The van der Waals surface area contributed by atoms with E-state index in [1.54, 1.807) is 24.3 Å². The van der Waals surface area contributed by atoms with Crippen molar-refractivity contribution in [3.8, 4) is 11.5 Å². The van der Waals surface area contributed by atoms with Gasteiger partial charge in [-0.2, -0.15) is 0 Å². The summed E-state index contributed by atoms with van der Waals surface area (Å²) in [4.78, 5) is 12.0. The fraction of sp³-hybridized carbons (Fsp3) is 0.278. The summed E-state index contributed by atoms with van der Waals surface area (Å²) in [6, 6.07) is 12.0. The first-order valence-corrected chi connectivity index (χ1v) is 9.67.